The van der Waals surface area contributed by atoms with Gasteiger partial charge in [-0.15, -0.1) is 0 Å². The molecule has 0 fully saturated rings. The minimum atomic E-state index is -4.61. The number of phosphoric acid groups is 1. The van der Waals surface area contributed by atoms with Crippen LogP contribution in [0.5, 0.6) is 17.2 Å². The molecule has 75 heavy (non-hydrogen) atoms. The molecule has 0 saturated carbocycles. The molecule has 1 aliphatic carbocycles. The molecule has 1 unspecified atom stereocenters. The molecule has 3 aromatic carbocycles. The Labute approximate surface area is 439 Å². The van der Waals surface area contributed by atoms with Gasteiger partial charge in [-0.05, 0) is 57.4 Å². The van der Waals surface area contributed by atoms with E-state index in [9.17, 15) is 29.1 Å². The van der Waals surface area contributed by atoms with Crippen LogP contribution < -0.4 is 24.5 Å². The third-order valence-electron chi connectivity index (χ3n) is 12.6. The lowest BCUT2D eigenvalue weighted by Gasteiger charge is -2.22. The van der Waals surface area contributed by atoms with Crippen molar-refractivity contribution < 1.29 is 65.5 Å². The van der Waals surface area contributed by atoms with Crippen LogP contribution in [-0.4, -0.2) is 88.5 Å². The Morgan fingerprint density at radius 2 is 1.44 bits per heavy atom. The molecule has 0 amide bonds. The van der Waals surface area contributed by atoms with Crippen molar-refractivity contribution >= 4 is 53.0 Å². The second kappa shape index (κ2) is 31.9. The molecule has 19 nitrogen and oxygen atoms in total. The third-order valence-corrected chi connectivity index (χ3v) is 14.0. The number of hydrogen-bond donors (Lipinski definition) is 0. The molecule has 2 atom stereocenters. The largest absolute Gasteiger partial charge is 0.493 e. The number of benzene rings is 4. The van der Waals surface area contributed by atoms with Crippen molar-refractivity contribution in [3.63, 3.8) is 0 Å². The summed E-state index contributed by atoms with van der Waals surface area (Å²) in [4.78, 5) is 56.0. The van der Waals surface area contributed by atoms with Crippen LogP contribution in [0.1, 0.15) is 136 Å². The number of ether oxygens (including phenoxy) is 6. The summed E-state index contributed by atoms with van der Waals surface area (Å²) in [6, 6.07) is 15.5. The molecule has 412 valence electrons. The van der Waals surface area contributed by atoms with E-state index in [1.807, 2.05) is 30.3 Å². The molecule has 2 aliphatic rings. The van der Waals surface area contributed by atoms with Gasteiger partial charge >= 0.3 is 19.8 Å². The first-order chi connectivity index (χ1) is 36.3. The third kappa shape index (κ3) is 19.0. The van der Waals surface area contributed by atoms with Crippen molar-refractivity contribution in [3.8, 4) is 28.7 Å². The molecule has 0 saturated heterocycles. The Hall–Kier alpha value is -5.85. The lowest BCUT2D eigenvalue weighted by Crippen LogP contribution is -2.29. The molecule has 5 rings (SSSR count). The number of nitro benzene ring substituents is 1. The summed E-state index contributed by atoms with van der Waals surface area (Å²) in [6.07, 6.45) is 14.1. The molecule has 0 spiro atoms. The van der Waals surface area contributed by atoms with Gasteiger partial charge < -0.3 is 37.7 Å². The fourth-order valence-corrected chi connectivity index (χ4v) is 9.59. The number of methoxy groups -OCH3 is 2. The zero-order valence-corrected chi connectivity index (χ0v) is 45.5. The van der Waals surface area contributed by atoms with Crippen LogP contribution in [0.4, 0.5) is 11.4 Å². The molecular weight excluding hydrogens is 990 g/mol. The molecule has 0 N–H and O–H groups in total. The second-order valence-electron chi connectivity index (χ2n) is 18.2. The average Bonchev–Trinajstić information content (AvgIpc) is 3.40. The number of unbranched alkanes of at least 4 members (excludes halogenated alkanes) is 13. The van der Waals surface area contributed by atoms with E-state index in [-0.39, 0.29) is 35.5 Å². The lowest BCUT2D eigenvalue weighted by atomic mass is 10.0. The van der Waals surface area contributed by atoms with Crippen molar-refractivity contribution in [1.82, 2.24) is 4.98 Å². The van der Waals surface area contributed by atoms with Crippen molar-refractivity contribution in [2.45, 2.75) is 143 Å². The molecule has 0 aromatic heterocycles. The predicted molar refractivity (Wildman–Crippen MR) is 286 cm³/mol. The van der Waals surface area contributed by atoms with Gasteiger partial charge in [0.05, 0.1) is 62.6 Å². The highest BCUT2D eigenvalue weighted by atomic mass is 31.2. The van der Waals surface area contributed by atoms with E-state index < -0.39 is 56.5 Å². The summed E-state index contributed by atoms with van der Waals surface area (Å²) >= 11 is 0. The number of fused-ring (bicyclic) bond motifs is 4. The maximum atomic E-state index is 13.9. The van der Waals surface area contributed by atoms with Gasteiger partial charge in [0, 0.05) is 56.2 Å². The van der Waals surface area contributed by atoms with E-state index in [4.69, 9.17) is 51.4 Å². The molecule has 20 heteroatoms. The summed E-state index contributed by atoms with van der Waals surface area (Å²) in [5.41, 5.74) is 2.42. The average molecular weight is 1070 g/mol. The van der Waals surface area contributed by atoms with Crippen LogP contribution in [-0.2, 0) is 48.5 Å². The summed E-state index contributed by atoms with van der Waals surface area (Å²) in [5.74, 6) is 0.118. The molecule has 0 radical (unpaired) electrons. The van der Waals surface area contributed by atoms with E-state index in [1.165, 1.54) is 26.4 Å². The Morgan fingerprint density at radius 1 is 0.773 bits per heavy atom. The lowest BCUT2D eigenvalue weighted by molar-refractivity contribution is -0.385. The molecule has 1 heterocycles. The van der Waals surface area contributed by atoms with Crippen molar-refractivity contribution in [1.29, 1.82) is 0 Å². The molecule has 0 bridgehead atoms. The van der Waals surface area contributed by atoms with Crippen molar-refractivity contribution in [3.05, 3.63) is 80.5 Å². The van der Waals surface area contributed by atoms with Gasteiger partial charge in [0.2, 0.25) is 6.79 Å². The van der Waals surface area contributed by atoms with E-state index in [1.54, 1.807) is 6.07 Å². The van der Waals surface area contributed by atoms with Gasteiger partial charge in [0.25, 0.3) is 5.69 Å². The number of phosphoric ester groups is 1. The van der Waals surface area contributed by atoms with Gasteiger partial charge in [-0.1, -0.05) is 96.1 Å². The van der Waals surface area contributed by atoms with Gasteiger partial charge in [-0.2, -0.15) is 0 Å². The molecular formula is C55H76N3O16P. The molecule has 3 aromatic rings. The second-order valence-corrected chi connectivity index (χ2v) is 19.8. The van der Waals surface area contributed by atoms with Crippen LogP contribution in [0.25, 0.3) is 33.3 Å². The van der Waals surface area contributed by atoms with E-state index in [0.717, 1.165) is 122 Å². The van der Waals surface area contributed by atoms with Crippen LogP contribution in [0.15, 0.2) is 63.8 Å². The first-order valence-corrected chi connectivity index (χ1v) is 27.8. The van der Waals surface area contributed by atoms with E-state index in [0.29, 0.717) is 58.7 Å². The standard InChI is InChI=1S/C55H76N3O16P/c1-7-10-11-18-21-27-53(61)73-43(38-71-75(64,72-39-69-40(4)59)70-36-41-32-50(65-5)51(66-6)34-46(41)58(62)63)37-67-30-22-19-16-14-12-13-15-17-20-23-31-68-48-26-24-25-44-47(60)35-52-55(54(44)48)56-45-29-28-42(33-49(45)74-52)57(8-2)9-3/h24-26,28-29,32-35,43H,7-23,27,30-31,36-39H2,1-6H3/t43-,75?/m1/s1. The van der Waals surface area contributed by atoms with Crippen LogP contribution in [0, 0.1) is 10.1 Å². The number of nitrogens with zero attached hydrogens (tertiary/aromatic N) is 3. The Morgan fingerprint density at radius 3 is 2.11 bits per heavy atom. The maximum Gasteiger partial charge on any atom is 0.478 e. The van der Waals surface area contributed by atoms with Crippen molar-refractivity contribution in [2.75, 3.05) is 65.4 Å². The highest BCUT2D eigenvalue weighted by Crippen LogP contribution is 2.51. The molecule has 1 aliphatic heterocycles. The quantitative estimate of drug-likeness (QED) is 0.00523. The maximum absolute atomic E-state index is 13.9. The van der Waals surface area contributed by atoms with Crippen LogP contribution >= 0.6 is 7.82 Å². The Balaban J connectivity index is 1.03. The summed E-state index contributed by atoms with van der Waals surface area (Å²) < 4.78 is 69.7. The smallest absolute Gasteiger partial charge is 0.478 e. The fraction of sp³-hybridized carbons (Fsp3) is 0.564. The van der Waals surface area contributed by atoms with Gasteiger partial charge in [-0.3, -0.25) is 33.5 Å². The number of esters is 2. The fourth-order valence-electron chi connectivity index (χ4n) is 8.54. The van der Waals surface area contributed by atoms with Crippen LogP contribution in [0.2, 0.25) is 0 Å². The number of aromatic nitrogens is 1. The minimum Gasteiger partial charge on any atom is -0.493 e. The zero-order valence-electron chi connectivity index (χ0n) is 44.6. The van der Waals surface area contributed by atoms with E-state index >= 15 is 0 Å². The summed E-state index contributed by atoms with van der Waals surface area (Å²) in [5, 5.41) is 13.1. The normalized spacial score (nSPS) is 12.7. The number of carbonyl (C=O) groups excluding carboxylic acids is 2. The van der Waals surface area contributed by atoms with Crippen molar-refractivity contribution in [2.24, 2.45) is 0 Å². The van der Waals surface area contributed by atoms with Gasteiger partial charge in [-0.25, -0.2) is 14.1 Å². The first kappa shape index (κ1) is 60.0. The van der Waals surface area contributed by atoms with Gasteiger partial charge in [0.15, 0.2) is 28.3 Å². The first-order valence-electron chi connectivity index (χ1n) is 26.3. The number of nitro groups is 1. The number of carbonyl (C=O) groups is 2. The predicted octanol–water partition coefficient (Wildman–Crippen LogP) is 12.7. The Kier molecular flexibility index (Phi) is 25.5. The highest BCUT2D eigenvalue weighted by Gasteiger charge is 2.32. The summed E-state index contributed by atoms with van der Waals surface area (Å²) in [7, 11) is -1.93. The zero-order chi connectivity index (χ0) is 54.0. The monoisotopic (exact) mass is 1070 g/mol. The van der Waals surface area contributed by atoms with Gasteiger partial charge in [0.1, 0.15) is 23.1 Å². The van der Waals surface area contributed by atoms with Crippen LogP contribution in [0.3, 0.4) is 0 Å². The number of hydrogen-bond acceptors (Lipinski definition) is 18. The highest BCUT2D eigenvalue weighted by molar-refractivity contribution is 7.48. The topological polar surface area (TPSA) is 224 Å². The Bertz CT molecular complexity index is 2660. The summed E-state index contributed by atoms with van der Waals surface area (Å²) in [6.45, 7) is 8.12. The van der Waals surface area contributed by atoms with E-state index in [2.05, 4.69) is 25.7 Å². The minimum absolute atomic E-state index is 0.0337. The number of anilines is 1. The SMILES string of the molecule is CCCCCCCC(=O)O[C@H](COCCCCCCCCCCCCOc1cccc2c(=O)cc3oc4cc(N(CC)CC)ccc4nc-3c12)COP(=O)(OCOC(C)=O)OCc1cc(OC)c(OC)cc1[N+](=O)[O-]. The number of rotatable bonds is 38.